The van der Waals surface area contributed by atoms with Gasteiger partial charge in [-0.3, -0.25) is 14.2 Å². The Hall–Kier alpha value is -1.34. The molecule has 0 aliphatic rings. The number of halogens is 2. The topological polar surface area (TPSA) is 52.0 Å². The fourth-order valence-corrected chi connectivity index (χ4v) is 4.60. The number of thioether (sulfide) groups is 1. The van der Waals surface area contributed by atoms with Crippen LogP contribution in [0.3, 0.4) is 0 Å². The Morgan fingerprint density at radius 3 is 2.68 bits per heavy atom. The summed E-state index contributed by atoms with van der Waals surface area (Å²) in [4.78, 5) is 31.3. The molecular weight excluding hydrogens is 399 g/mol. The Labute approximate surface area is 162 Å². The zero-order valence-corrected chi connectivity index (χ0v) is 16.9. The molecule has 0 aliphatic carbocycles. The van der Waals surface area contributed by atoms with Crippen molar-refractivity contribution in [2.24, 2.45) is 7.05 Å². The van der Waals surface area contributed by atoms with E-state index in [1.807, 2.05) is 13.8 Å². The van der Waals surface area contributed by atoms with Crippen LogP contribution in [0.4, 0.5) is 0 Å². The highest BCUT2D eigenvalue weighted by atomic mass is 35.5. The normalized spacial score (nSPS) is 11.2. The zero-order chi connectivity index (χ0) is 18.3. The summed E-state index contributed by atoms with van der Waals surface area (Å²) >= 11 is 14.6. The molecule has 0 saturated carbocycles. The lowest BCUT2D eigenvalue weighted by atomic mass is 10.1. The van der Waals surface area contributed by atoms with Crippen LogP contribution in [-0.4, -0.2) is 21.1 Å². The van der Waals surface area contributed by atoms with Gasteiger partial charge in [-0.1, -0.05) is 35.0 Å². The van der Waals surface area contributed by atoms with Crippen LogP contribution in [0.15, 0.2) is 28.2 Å². The molecule has 2 heterocycles. The standard InChI is InChI=1S/C17H14Cl2N2O2S2/c1-8-9(2)25-15-14(8)16(23)21(3)17(20-15)24-7-13(22)10-4-5-11(18)12(19)6-10/h4-6H,7H2,1-3H3. The second-order valence-electron chi connectivity index (χ2n) is 5.56. The van der Waals surface area contributed by atoms with E-state index in [0.717, 1.165) is 10.4 Å². The van der Waals surface area contributed by atoms with Crippen molar-refractivity contribution in [1.82, 2.24) is 9.55 Å². The van der Waals surface area contributed by atoms with Crippen LogP contribution >= 0.6 is 46.3 Å². The van der Waals surface area contributed by atoms with Crippen LogP contribution in [0.25, 0.3) is 10.2 Å². The lowest BCUT2D eigenvalue weighted by Gasteiger charge is -2.07. The first-order valence-electron chi connectivity index (χ1n) is 7.37. The third-order valence-electron chi connectivity index (χ3n) is 3.94. The Balaban J connectivity index is 1.88. The minimum Gasteiger partial charge on any atom is -0.293 e. The Kier molecular flexibility index (Phi) is 5.25. The van der Waals surface area contributed by atoms with E-state index < -0.39 is 0 Å². The quantitative estimate of drug-likeness (QED) is 0.347. The number of nitrogens with zero attached hydrogens (tertiary/aromatic N) is 2. The molecule has 0 bridgehead atoms. The highest BCUT2D eigenvalue weighted by Gasteiger charge is 2.16. The van der Waals surface area contributed by atoms with E-state index in [0.29, 0.717) is 31.0 Å². The maximum atomic E-state index is 12.6. The number of benzene rings is 1. The summed E-state index contributed by atoms with van der Waals surface area (Å²) in [6.45, 7) is 3.90. The van der Waals surface area contributed by atoms with Gasteiger partial charge in [0.1, 0.15) is 4.83 Å². The molecule has 1 aromatic carbocycles. The first-order valence-corrected chi connectivity index (χ1v) is 9.93. The lowest BCUT2D eigenvalue weighted by molar-refractivity contribution is 0.102. The van der Waals surface area contributed by atoms with Crippen LogP contribution in [0.1, 0.15) is 20.8 Å². The van der Waals surface area contributed by atoms with Gasteiger partial charge in [-0.05, 0) is 37.6 Å². The molecule has 130 valence electrons. The summed E-state index contributed by atoms with van der Waals surface area (Å²) in [7, 11) is 1.67. The van der Waals surface area contributed by atoms with Crippen LogP contribution in [0.2, 0.25) is 10.0 Å². The van der Waals surface area contributed by atoms with Gasteiger partial charge in [-0.2, -0.15) is 0 Å². The molecule has 8 heteroatoms. The highest BCUT2D eigenvalue weighted by molar-refractivity contribution is 7.99. The predicted octanol–water partition coefficient (Wildman–Crippen LogP) is 4.89. The SMILES string of the molecule is Cc1sc2nc(SCC(=O)c3ccc(Cl)c(Cl)c3)n(C)c(=O)c2c1C. The van der Waals surface area contributed by atoms with Gasteiger partial charge in [-0.25, -0.2) is 4.98 Å². The minimum absolute atomic E-state index is 0.0867. The number of thiophene rings is 1. The minimum atomic E-state index is -0.101. The number of hydrogen-bond donors (Lipinski definition) is 0. The highest BCUT2D eigenvalue weighted by Crippen LogP contribution is 2.28. The van der Waals surface area contributed by atoms with E-state index in [9.17, 15) is 9.59 Å². The Morgan fingerprint density at radius 1 is 1.28 bits per heavy atom. The maximum absolute atomic E-state index is 12.6. The first kappa shape index (κ1) is 18.5. The molecular formula is C17H14Cl2N2O2S2. The van der Waals surface area contributed by atoms with Gasteiger partial charge in [0.25, 0.3) is 5.56 Å². The van der Waals surface area contributed by atoms with Crippen LogP contribution < -0.4 is 5.56 Å². The molecule has 0 saturated heterocycles. The van der Waals surface area contributed by atoms with Gasteiger partial charge in [0, 0.05) is 17.5 Å². The Morgan fingerprint density at radius 2 is 2.00 bits per heavy atom. The van der Waals surface area contributed by atoms with Crippen molar-refractivity contribution < 1.29 is 4.79 Å². The smallest absolute Gasteiger partial charge is 0.262 e. The lowest BCUT2D eigenvalue weighted by Crippen LogP contribution is -2.20. The molecule has 0 fully saturated rings. The number of Topliss-reactive ketones (excluding diaryl/α,β-unsaturated/α-hetero) is 1. The number of carbonyl (C=O) groups excluding carboxylic acids is 1. The van der Waals surface area contributed by atoms with E-state index >= 15 is 0 Å². The molecule has 0 atom stereocenters. The van der Waals surface area contributed by atoms with Crippen LogP contribution in [-0.2, 0) is 7.05 Å². The molecule has 25 heavy (non-hydrogen) atoms. The number of carbonyl (C=O) groups is 1. The molecule has 4 nitrogen and oxygen atoms in total. The zero-order valence-electron chi connectivity index (χ0n) is 13.7. The fraction of sp³-hybridized carbons (Fsp3) is 0.235. The van der Waals surface area contributed by atoms with Crippen molar-refractivity contribution >= 4 is 62.3 Å². The third-order valence-corrected chi connectivity index (χ3v) is 6.81. The van der Waals surface area contributed by atoms with Gasteiger partial charge < -0.3 is 0 Å². The van der Waals surface area contributed by atoms with E-state index in [1.165, 1.54) is 27.7 Å². The largest absolute Gasteiger partial charge is 0.293 e. The third kappa shape index (κ3) is 3.49. The molecule has 0 unspecified atom stereocenters. The molecule has 0 spiro atoms. The summed E-state index contributed by atoms with van der Waals surface area (Å²) < 4.78 is 1.49. The summed E-state index contributed by atoms with van der Waals surface area (Å²) in [5, 5.41) is 1.93. The van der Waals surface area contributed by atoms with Crippen molar-refractivity contribution in [3.05, 3.63) is 54.6 Å². The van der Waals surface area contributed by atoms with Gasteiger partial charge in [0.15, 0.2) is 10.9 Å². The maximum Gasteiger partial charge on any atom is 0.262 e. The number of ketones is 1. The molecule has 0 N–H and O–H groups in total. The van der Waals surface area contributed by atoms with E-state index in [2.05, 4.69) is 4.98 Å². The van der Waals surface area contributed by atoms with Gasteiger partial charge >= 0.3 is 0 Å². The van der Waals surface area contributed by atoms with Crippen molar-refractivity contribution in [1.29, 1.82) is 0 Å². The average molecular weight is 413 g/mol. The first-order chi connectivity index (χ1) is 11.8. The van der Waals surface area contributed by atoms with Crippen molar-refractivity contribution in [3.63, 3.8) is 0 Å². The van der Waals surface area contributed by atoms with Crippen molar-refractivity contribution in [3.8, 4) is 0 Å². The molecule has 0 amide bonds. The predicted molar refractivity (Wildman–Crippen MR) is 106 cm³/mol. The molecule has 0 radical (unpaired) electrons. The summed E-state index contributed by atoms with van der Waals surface area (Å²) in [5.41, 5.74) is 1.36. The second-order valence-corrected chi connectivity index (χ2v) is 8.52. The summed E-state index contributed by atoms with van der Waals surface area (Å²) in [6.07, 6.45) is 0. The summed E-state index contributed by atoms with van der Waals surface area (Å²) in [6, 6.07) is 4.78. The Bertz CT molecular complexity index is 1060. The molecule has 2 aromatic heterocycles. The second kappa shape index (κ2) is 7.11. The number of hydrogen-bond acceptors (Lipinski definition) is 5. The van der Waals surface area contributed by atoms with E-state index in [-0.39, 0.29) is 17.1 Å². The number of fused-ring (bicyclic) bond motifs is 1. The van der Waals surface area contributed by atoms with Crippen LogP contribution in [0.5, 0.6) is 0 Å². The van der Waals surface area contributed by atoms with Gasteiger partial charge in [-0.15, -0.1) is 11.3 Å². The fourth-order valence-electron chi connectivity index (χ4n) is 2.37. The van der Waals surface area contributed by atoms with E-state index in [1.54, 1.807) is 25.2 Å². The number of aromatic nitrogens is 2. The number of aryl methyl sites for hydroxylation is 2. The monoisotopic (exact) mass is 412 g/mol. The van der Waals surface area contributed by atoms with Gasteiger partial charge in [0.2, 0.25) is 0 Å². The molecule has 0 aliphatic heterocycles. The molecule has 3 aromatic rings. The van der Waals surface area contributed by atoms with Crippen molar-refractivity contribution in [2.75, 3.05) is 5.75 Å². The number of rotatable bonds is 4. The van der Waals surface area contributed by atoms with E-state index in [4.69, 9.17) is 23.2 Å². The average Bonchev–Trinajstić information content (AvgIpc) is 2.86. The molecule has 3 rings (SSSR count). The van der Waals surface area contributed by atoms with Gasteiger partial charge in [0.05, 0.1) is 21.2 Å². The van der Waals surface area contributed by atoms with Crippen LogP contribution in [0, 0.1) is 13.8 Å². The van der Waals surface area contributed by atoms with Crippen molar-refractivity contribution in [2.45, 2.75) is 19.0 Å². The summed E-state index contributed by atoms with van der Waals surface area (Å²) in [5.74, 6) is 0.0593.